The summed E-state index contributed by atoms with van der Waals surface area (Å²) in [4.78, 5) is 11.8. The summed E-state index contributed by atoms with van der Waals surface area (Å²) in [6.45, 7) is 0.986. The Morgan fingerprint density at radius 2 is 1.84 bits per heavy atom. The van der Waals surface area contributed by atoms with E-state index in [0.717, 1.165) is 5.56 Å². The molecule has 0 saturated carbocycles. The number of carbonyl (C=O) groups excluding carboxylic acids is 1. The van der Waals surface area contributed by atoms with Gasteiger partial charge in [0.25, 0.3) is 0 Å². The van der Waals surface area contributed by atoms with Gasteiger partial charge in [0.1, 0.15) is 5.82 Å². The number of amides is 1. The van der Waals surface area contributed by atoms with E-state index < -0.39 is 0 Å². The molecule has 0 unspecified atom stereocenters. The molecule has 2 aromatic rings. The molecule has 0 aromatic heterocycles. The summed E-state index contributed by atoms with van der Waals surface area (Å²) in [6, 6.07) is 11.9. The standard InChI is InChI=1S/C19H23FN2O3/c1-24-17-7-6-14(12-18(17)25-2)8-10-22-19(23)9-11-21-16-5-3-4-15(20)13-16/h3-7,12-13,21H,8-11H2,1-2H3,(H,22,23). The summed E-state index contributed by atoms with van der Waals surface area (Å²) in [5, 5.41) is 5.89. The second-order valence-electron chi connectivity index (χ2n) is 5.48. The molecule has 0 bridgehead atoms. The summed E-state index contributed by atoms with van der Waals surface area (Å²) < 4.78 is 23.5. The van der Waals surface area contributed by atoms with Crippen LogP contribution in [-0.2, 0) is 11.2 Å². The Labute approximate surface area is 147 Å². The molecule has 2 rings (SSSR count). The van der Waals surface area contributed by atoms with Gasteiger partial charge >= 0.3 is 0 Å². The van der Waals surface area contributed by atoms with Gasteiger partial charge in [0.05, 0.1) is 14.2 Å². The van der Waals surface area contributed by atoms with Crippen molar-refractivity contribution in [2.75, 3.05) is 32.6 Å². The zero-order chi connectivity index (χ0) is 18.1. The molecule has 0 aliphatic carbocycles. The number of rotatable bonds is 9. The molecule has 134 valence electrons. The first kappa shape index (κ1) is 18.6. The maximum absolute atomic E-state index is 13.0. The first-order valence-electron chi connectivity index (χ1n) is 8.09. The number of anilines is 1. The zero-order valence-electron chi connectivity index (χ0n) is 14.5. The highest BCUT2D eigenvalue weighted by Crippen LogP contribution is 2.27. The molecule has 0 saturated heterocycles. The molecule has 0 fully saturated rings. The molecule has 0 radical (unpaired) electrons. The number of carbonyl (C=O) groups is 1. The molecular weight excluding hydrogens is 323 g/mol. The minimum atomic E-state index is -0.302. The van der Waals surface area contributed by atoms with Crippen LogP contribution in [0.5, 0.6) is 11.5 Å². The van der Waals surface area contributed by atoms with E-state index in [1.807, 2.05) is 18.2 Å². The molecule has 0 heterocycles. The molecule has 2 aromatic carbocycles. The molecule has 0 spiro atoms. The largest absolute Gasteiger partial charge is 0.493 e. The highest BCUT2D eigenvalue weighted by atomic mass is 19.1. The van der Waals surface area contributed by atoms with E-state index in [4.69, 9.17) is 9.47 Å². The van der Waals surface area contributed by atoms with Crippen molar-refractivity contribution >= 4 is 11.6 Å². The lowest BCUT2D eigenvalue weighted by Gasteiger charge is -2.10. The highest BCUT2D eigenvalue weighted by molar-refractivity contribution is 5.76. The van der Waals surface area contributed by atoms with Gasteiger partial charge in [-0.25, -0.2) is 4.39 Å². The number of hydrogen-bond acceptors (Lipinski definition) is 4. The van der Waals surface area contributed by atoms with Crippen molar-refractivity contribution in [2.24, 2.45) is 0 Å². The Bertz CT molecular complexity index is 707. The van der Waals surface area contributed by atoms with Crippen LogP contribution in [0.2, 0.25) is 0 Å². The third-order valence-electron chi connectivity index (χ3n) is 3.69. The summed E-state index contributed by atoms with van der Waals surface area (Å²) in [5.41, 5.74) is 1.72. The van der Waals surface area contributed by atoms with Gasteiger partial charge in [-0.3, -0.25) is 4.79 Å². The second kappa shape index (κ2) is 9.52. The molecule has 0 aliphatic rings. The van der Waals surface area contributed by atoms with Crippen molar-refractivity contribution in [2.45, 2.75) is 12.8 Å². The fourth-order valence-corrected chi connectivity index (χ4v) is 2.39. The number of nitrogens with one attached hydrogen (secondary N) is 2. The monoisotopic (exact) mass is 346 g/mol. The molecule has 2 N–H and O–H groups in total. The van der Waals surface area contributed by atoms with Crippen LogP contribution in [0.4, 0.5) is 10.1 Å². The van der Waals surface area contributed by atoms with E-state index in [1.165, 1.54) is 12.1 Å². The highest BCUT2D eigenvalue weighted by Gasteiger charge is 2.05. The van der Waals surface area contributed by atoms with Crippen LogP contribution in [0.25, 0.3) is 0 Å². The van der Waals surface area contributed by atoms with Gasteiger partial charge in [-0.05, 0) is 42.3 Å². The van der Waals surface area contributed by atoms with E-state index in [2.05, 4.69) is 10.6 Å². The van der Waals surface area contributed by atoms with Crippen LogP contribution < -0.4 is 20.1 Å². The van der Waals surface area contributed by atoms with Gasteiger partial charge in [-0.1, -0.05) is 12.1 Å². The minimum absolute atomic E-state index is 0.0515. The van der Waals surface area contributed by atoms with Crippen LogP contribution in [0, 0.1) is 5.82 Å². The zero-order valence-corrected chi connectivity index (χ0v) is 14.5. The lowest BCUT2D eigenvalue weighted by Crippen LogP contribution is -2.27. The Morgan fingerprint density at radius 3 is 2.56 bits per heavy atom. The van der Waals surface area contributed by atoms with Crippen LogP contribution >= 0.6 is 0 Å². The van der Waals surface area contributed by atoms with Gasteiger partial charge in [0.2, 0.25) is 5.91 Å². The predicted octanol–water partition coefficient (Wildman–Crippen LogP) is 3.00. The number of methoxy groups -OCH3 is 2. The van der Waals surface area contributed by atoms with Gasteiger partial charge in [0, 0.05) is 25.2 Å². The lowest BCUT2D eigenvalue weighted by molar-refractivity contribution is -0.120. The molecule has 6 heteroatoms. The maximum atomic E-state index is 13.0. The summed E-state index contributed by atoms with van der Waals surface area (Å²) in [6.07, 6.45) is 1.02. The van der Waals surface area contributed by atoms with Gasteiger partial charge in [-0.2, -0.15) is 0 Å². The van der Waals surface area contributed by atoms with Gasteiger partial charge in [0.15, 0.2) is 11.5 Å². The third kappa shape index (κ3) is 5.99. The molecule has 5 nitrogen and oxygen atoms in total. The number of benzene rings is 2. The Kier molecular flexibility index (Phi) is 7.07. The normalized spacial score (nSPS) is 10.2. The first-order valence-corrected chi connectivity index (χ1v) is 8.09. The Hall–Kier alpha value is -2.76. The van der Waals surface area contributed by atoms with E-state index in [1.54, 1.807) is 26.4 Å². The van der Waals surface area contributed by atoms with Crippen LogP contribution in [0.1, 0.15) is 12.0 Å². The van der Waals surface area contributed by atoms with E-state index in [0.29, 0.717) is 43.1 Å². The summed E-state index contributed by atoms with van der Waals surface area (Å²) in [5.74, 6) is 0.998. The van der Waals surface area contributed by atoms with Crippen molar-refractivity contribution in [3.63, 3.8) is 0 Å². The van der Waals surface area contributed by atoms with E-state index >= 15 is 0 Å². The first-order chi connectivity index (χ1) is 12.1. The topological polar surface area (TPSA) is 59.6 Å². The van der Waals surface area contributed by atoms with Crippen molar-refractivity contribution in [3.05, 3.63) is 53.8 Å². The summed E-state index contributed by atoms with van der Waals surface area (Å²) >= 11 is 0. The number of halogens is 1. The third-order valence-corrected chi connectivity index (χ3v) is 3.69. The molecule has 25 heavy (non-hydrogen) atoms. The molecule has 0 atom stereocenters. The van der Waals surface area contributed by atoms with Gasteiger partial charge in [-0.15, -0.1) is 0 Å². The van der Waals surface area contributed by atoms with Crippen LogP contribution in [0.15, 0.2) is 42.5 Å². The predicted molar refractivity (Wildman–Crippen MR) is 95.8 cm³/mol. The Morgan fingerprint density at radius 1 is 1.04 bits per heavy atom. The molecular formula is C19H23FN2O3. The summed E-state index contributed by atoms with van der Waals surface area (Å²) in [7, 11) is 3.19. The molecule has 1 amide bonds. The van der Waals surface area contributed by atoms with Gasteiger partial charge < -0.3 is 20.1 Å². The fourth-order valence-electron chi connectivity index (χ4n) is 2.39. The average molecular weight is 346 g/mol. The minimum Gasteiger partial charge on any atom is -0.493 e. The quantitative estimate of drug-likeness (QED) is 0.733. The van der Waals surface area contributed by atoms with Crippen molar-refractivity contribution < 1.29 is 18.7 Å². The maximum Gasteiger partial charge on any atom is 0.221 e. The van der Waals surface area contributed by atoms with Crippen molar-refractivity contribution in [3.8, 4) is 11.5 Å². The van der Waals surface area contributed by atoms with E-state index in [9.17, 15) is 9.18 Å². The Balaban J connectivity index is 1.70. The SMILES string of the molecule is COc1ccc(CCNC(=O)CCNc2cccc(F)c2)cc1OC. The second-order valence-corrected chi connectivity index (χ2v) is 5.48. The van der Waals surface area contributed by atoms with Crippen LogP contribution in [-0.4, -0.2) is 33.2 Å². The number of ether oxygens (including phenoxy) is 2. The molecule has 0 aliphatic heterocycles. The van der Waals surface area contributed by atoms with Crippen LogP contribution in [0.3, 0.4) is 0 Å². The fraction of sp³-hybridized carbons (Fsp3) is 0.316. The average Bonchev–Trinajstić information content (AvgIpc) is 2.61. The van der Waals surface area contributed by atoms with E-state index in [-0.39, 0.29) is 11.7 Å². The smallest absolute Gasteiger partial charge is 0.221 e. The number of hydrogen-bond donors (Lipinski definition) is 2. The lowest BCUT2D eigenvalue weighted by atomic mass is 10.1. The van der Waals surface area contributed by atoms with Crippen molar-refractivity contribution in [1.82, 2.24) is 5.32 Å². The van der Waals surface area contributed by atoms with Crippen molar-refractivity contribution in [1.29, 1.82) is 0 Å².